The number of imide groups is 1. The molecule has 32 heavy (non-hydrogen) atoms. The van der Waals surface area contributed by atoms with Gasteiger partial charge in [0.05, 0.1) is 18.7 Å². The zero-order valence-corrected chi connectivity index (χ0v) is 18.5. The fourth-order valence-electron chi connectivity index (χ4n) is 4.58. The summed E-state index contributed by atoms with van der Waals surface area (Å²) >= 11 is 0. The van der Waals surface area contributed by atoms with E-state index in [1.165, 1.54) is 4.90 Å². The molecule has 1 saturated carbocycles. The lowest BCUT2D eigenvalue weighted by molar-refractivity contribution is -0.124. The summed E-state index contributed by atoms with van der Waals surface area (Å²) in [5, 5.41) is 2.85. The first-order valence-corrected chi connectivity index (χ1v) is 11.2. The second kappa shape index (κ2) is 9.42. The molecule has 4 amide bonds. The van der Waals surface area contributed by atoms with Gasteiger partial charge in [0.15, 0.2) is 0 Å². The number of benzene rings is 2. The standard InChI is InChI=1S/C25H29N3O4/c1-3-32-21-13-11-18(12-14-21)26-23(29)16-22-24(30)28(20-10-6-7-17(2)15-20)25(31)27(22)19-8-4-5-9-19/h6-7,10-15,19,22H,3-5,8-9,16H2,1-2H3,(H,26,29)/t22-/m0/s1. The van der Waals surface area contributed by atoms with Gasteiger partial charge in [0.1, 0.15) is 11.8 Å². The van der Waals surface area contributed by atoms with Crippen molar-refractivity contribution in [3.05, 3.63) is 54.1 Å². The van der Waals surface area contributed by atoms with Gasteiger partial charge in [-0.15, -0.1) is 0 Å². The molecule has 2 fully saturated rings. The number of anilines is 2. The number of rotatable bonds is 7. The number of carbonyl (C=O) groups excluding carboxylic acids is 3. The lowest BCUT2D eigenvalue weighted by atomic mass is 10.1. The summed E-state index contributed by atoms with van der Waals surface area (Å²) in [5.41, 5.74) is 2.14. The van der Waals surface area contributed by atoms with Gasteiger partial charge in [-0.2, -0.15) is 0 Å². The Hall–Kier alpha value is -3.35. The van der Waals surface area contributed by atoms with Gasteiger partial charge in [0, 0.05) is 11.7 Å². The molecule has 2 aromatic carbocycles. The number of carbonyl (C=O) groups is 3. The van der Waals surface area contributed by atoms with Crippen LogP contribution in [0.15, 0.2) is 48.5 Å². The first kappa shape index (κ1) is 21.9. The average Bonchev–Trinajstić information content (AvgIpc) is 3.36. The van der Waals surface area contributed by atoms with Crippen molar-refractivity contribution >= 4 is 29.2 Å². The minimum absolute atomic E-state index is 0.00969. The van der Waals surface area contributed by atoms with Crippen molar-refractivity contribution in [2.75, 3.05) is 16.8 Å². The van der Waals surface area contributed by atoms with E-state index in [-0.39, 0.29) is 30.3 Å². The Labute approximate surface area is 188 Å². The first-order valence-electron chi connectivity index (χ1n) is 11.2. The number of ether oxygens (including phenoxy) is 1. The lowest BCUT2D eigenvalue weighted by Crippen LogP contribution is -2.43. The highest BCUT2D eigenvalue weighted by molar-refractivity contribution is 6.22. The van der Waals surface area contributed by atoms with E-state index in [9.17, 15) is 14.4 Å². The number of amides is 4. The van der Waals surface area contributed by atoms with Crippen molar-refractivity contribution in [2.24, 2.45) is 0 Å². The highest BCUT2D eigenvalue weighted by atomic mass is 16.5. The fraction of sp³-hybridized carbons (Fsp3) is 0.400. The van der Waals surface area contributed by atoms with Crippen LogP contribution in [0.1, 0.15) is 44.6 Å². The molecule has 1 saturated heterocycles. The van der Waals surface area contributed by atoms with Crippen molar-refractivity contribution in [3.63, 3.8) is 0 Å². The monoisotopic (exact) mass is 435 g/mol. The van der Waals surface area contributed by atoms with E-state index in [4.69, 9.17) is 4.74 Å². The smallest absolute Gasteiger partial charge is 0.332 e. The van der Waals surface area contributed by atoms with Crippen molar-refractivity contribution < 1.29 is 19.1 Å². The summed E-state index contributed by atoms with van der Waals surface area (Å²) in [6.45, 7) is 4.40. The largest absolute Gasteiger partial charge is 0.494 e. The molecule has 0 aromatic heterocycles. The maximum atomic E-state index is 13.4. The van der Waals surface area contributed by atoms with Crippen LogP contribution in [0.4, 0.5) is 16.2 Å². The molecule has 2 aromatic rings. The molecule has 168 valence electrons. The minimum Gasteiger partial charge on any atom is -0.494 e. The van der Waals surface area contributed by atoms with E-state index in [2.05, 4.69) is 5.32 Å². The van der Waals surface area contributed by atoms with Crippen molar-refractivity contribution in [3.8, 4) is 5.75 Å². The quantitative estimate of drug-likeness (QED) is 0.650. The van der Waals surface area contributed by atoms with Gasteiger partial charge < -0.3 is 15.0 Å². The second-order valence-electron chi connectivity index (χ2n) is 8.37. The average molecular weight is 436 g/mol. The molecular weight excluding hydrogens is 406 g/mol. The lowest BCUT2D eigenvalue weighted by Gasteiger charge is -2.27. The van der Waals surface area contributed by atoms with E-state index in [0.29, 0.717) is 18.0 Å². The molecule has 0 bridgehead atoms. The molecule has 0 spiro atoms. The van der Waals surface area contributed by atoms with E-state index in [1.54, 1.807) is 35.2 Å². The first-order chi connectivity index (χ1) is 15.5. The summed E-state index contributed by atoms with van der Waals surface area (Å²) in [4.78, 5) is 42.4. The zero-order valence-electron chi connectivity index (χ0n) is 18.5. The fourth-order valence-corrected chi connectivity index (χ4v) is 4.58. The number of nitrogens with zero attached hydrogens (tertiary/aromatic N) is 2. The maximum absolute atomic E-state index is 13.4. The topological polar surface area (TPSA) is 79.0 Å². The normalized spacial score (nSPS) is 19.0. The highest BCUT2D eigenvalue weighted by Gasteiger charge is 2.49. The third kappa shape index (κ3) is 4.47. The van der Waals surface area contributed by atoms with Gasteiger partial charge in [0.25, 0.3) is 5.91 Å². The Kier molecular flexibility index (Phi) is 6.44. The molecule has 2 aliphatic rings. The van der Waals surface area contributed by atoms with Crippen LogP contribution in [-0.2, 0) is 9.59 Å². The molecule has 1 heterocycles. The summed E-state index contributed by atoms with van der Waals surface area (Å²) in [7, 11) is 0. The highest BCUT2D eigenvalue weighted by Crippen LogP contribution is 2.34. The number of hydrogen-bond donors (Lipinski definition) is 1. The molecule has 0 unspecified atom stereocenters. The van der Waals surface area contributed by atoms with Crippen LogP contribution in [0.25, 0.3) is 0 Å². The molecule has 1 aliphatic carbocycles. The third-order valence-electron chi connectivity index (χ3n) is 6.06. The Balaban J connectivity index is 1.53. The Morgan fingerprint density at radius 3 is 2.47 bits per heavy atom. The van der Waals surface area contributed by atoms with Crippen LogP contribution < -0.4 is 15.0 Å². The van der Waals surface area contributed by atoms with Gasteiger partial charge in [0.2, 0.25) is 5.91 Å². The SMILES string of the molecule is CCOc1ccc(NC(=O)C[C@H]2C(=O)N(c3cccc(C)c3)C(=O)N2C2CCCC2)cc1. The molecule has 1 aliphatic heterocycles. The van der Waals surface area contributed by atoms with Crippen LogP contribution in [-0.4, -0.2) is 41.4 Å². The molecule has 7 nitrogen and oxygen atoms in total. The predicted octanol–water partition coefficient (Wildman–Crippen LogP) is 4.50. The molecule has 7 heteroatoms. The zero-order chi connectivity index (χ0) is 22.7. The van der Waals surface area contributed by atoms with Gasteiger partial charge in [-0.25, -0.2) is 9.69 Å². The van der Waals surface area contributed by atoms with E-state index in [1.807, 2.05) is 32.0 Å². The number of aryl methyl sites for hydroxylation is 1. The summed E-state index contributed by atoms with van der Waals surface area (Å²) in [6, 6.07) is 13.3. The van der Waals surface area contributed by atoms with Crippen LogP contribution in [0.2, 0.25) is 0 Å². The van der Waals surface area contributed by atoms with Crippen LogP contribution in [0.5, 0.6) is 5.75 Å². The van der Waals surface area contributed by atoms with Crippen LogP contribution >= 0.6 is 0 Å². The second-order valence-corrected chi connectivity index (χ2v) is 8.37. The number of hydrogen-bond acceptors (Lipinski definition) is 4. The molecule has 1 atom stereocenters. The third-order valence-corrected chi connectivity index (χ3v) is 6.06. The summed E-state index contributed by atoms with van der Waals surface area (Å²) in [5.74, 6) is 0.0898. The van der Waals surface area contributed by atoms with E-state index >= 15 is 0 Å². The van der Waals surface area contributed by atoms with Gasteiger partial charge >= 0.3 is 6.03 Å². The maximum Gasteiger partial charge on any atom is 0.332 e. The van der Waals surface area contributed by atoms with Gasteiger partial charge in [-0.3, -0.25) is 9.59 Å². The summed E-state index contributed by atoms with van der Waals surface area (Å²) < 4.78 is 5.43. The molecule has 4 rings (SSSR count). The number of urea groups is 1. The predicted molar refractivity (Wildman–Crippen MR) is 123 cm³/mol. The van der Waals surface area contributed by atoms with E-state index in [0.717, 1.165) is 37.0 Å². The van der Waals surface area contributed by atoms with Gasteiger partial charge in [-0.1, -0.05) is 25.0 Å². The Morgan fingerprint density at radius 1 is 1.09 bits per heavy atom. The molecule has 1 N–H and O–H groups in total. The Bertz CT molecular complexity index is 999. The van der Waals surface area contributed by atoms with Crippen molar-refractivity contribution in [2.45, 2.75) is 58.0 Å². The molecule has 0 radical (unpaired) electrons. The van der Waals surface area contributed by atoms with E-state index < -0.39 is 6.04 Å². The van der Waals surface area contributed by atoms with Crippen molar-refractivity contribution in [1.29, 1.82) is 0 Å². The molecular formula is C25H29N3O4. The van der Waals surface area contributed by atoms with Crippen molar-refractivity contribution in [1.82, 2.24) is 4.90 Å². The minimum atomic E-state index is -0.797. The van der Waals surface area contributed by atoms with Crippen LogP contribution in [0.3, 0.4) is 0 Å². The summed E-state index contributed by atoms with van der Waals surface area (Å²) in [6.07, 6.45) is 3.70. The number of nitrogens with one attached hydrogen (secondary N) is 1. The van der Waals surface area contributed by atoms with Crippen LogP contribution in [0, 0.1) is 6.92 Å². The van der Waals surface area contributed by atoms with Gasteiger partial charge in [-0.05, 0) is 68.7 Å². The Morgan fingerprint density at radius 2 is 1.81 bits per heavy atom.